The summed E-state index contributed by atoms with van der Waals surface area (Å²) < 4.78 is 40.6. The number of primary amides is 1. The van der Waals surface area contributed by atoms with Gasteiger partial charge in [-0.15, -0.1) is 0 Å². The van der Waals surface area contributed by atoms with Crippen LogP contribution >= 0.6 is 0 Å². The molecule has 1 amide bonds. The summed E-state index contributed by atoms with van der Waals surface area (Å²) in [6.07, 6.45) is 2.93. The van der Waals surface area contributed by atoms with Gasteiger partial charge in [0.15, 0.2) is 0 Å². The van der Waals surface area contributed by atoms with E-state index < -0.39 is 22.0 Å². The van der Waals surface area contributed by atoms with Crippen LogP contribution in [0.2, 0.25) is 0 Å². The maximum atomic E-state index is 13.9. The number of aromatic amines is 1. The molecule has 4 aromatic rings. The number of hydrogen-bond acceptors (Lipinski definition) is 7. The first-order valence-corrected chi connectivity index (χ1v) is 13.2. The first kappa shape index (κ1) is 24.8. The number of H-pyrrole nitrogens is 1. The summed E-state index contributed by atoms with van der Waals surface area (Å²) in [5, 5.41) is 3.68. The van der Waals surface area contributed by atoms with E-state index in [0.29, 0.717) is 28.9 Å². The molecule has 0 bridgehead atoms. The Labute approximate surface area is 214 Å². The number of anilines is 1. The molecule has 5 rings (SSSR count). The van der Waals surface area contributed by atoms with Gasteiger partial charge in [0.2, 0.25) is 10.0 Å². The van der Waals surface area contributed by atoms with E-state index in [4.69, 9.17) is 15.2 Å². The van der Waals surface area contributed by atoms with Gasteiger partial charge in [-0.1, -0.05) is 30.3 Å². The van der Waals surface area contributed by atoms with Gasteiger partial charge < -0.3 is 25.5 Å². The molecule has 2 aromatic carbocycles. The molecule has 0 spiro atoms. The van der Waals surface area contributed by atoms with Crippen molar-refractivity contribution in [3.63, 3.8) is 0 Å². The van der Waals surface area contributed by atoms with Crippen molar-refractivity contribution < 1.29 is 22.7 Å². The Morgan fingerprint density at radius 3 is 2.68 bits per heavy atom. The lowest BCUT2D eigenvalue weighted by molar-refractivity contribution is -0.0249. The molecule has 1 fully saturated rings. The van der Waals surface area contributed by atoms with Crippen LogP contribution in [0.1, 0.15) is 16.1 Å². The lowest BCUT2D eigenvalue weighted by atomic mass is 10.2. The number of carbonyl (C=O) groups is 1. The Balaban J connectivity index is 1.42. The number of amides is 1. The number of benzene rings is 2. The van der Waals surface area contributed by atoms with Gasteiger partial charge in [-0.2, -0.15) is 4.31 Å². The first-order valence-electron chi connectivity index (χ1n) is 11.8. The minimum Gasteiger partial charge on any atom is -0.491 e. The van der Waals surface area contributed by atoms with Crippen LogP contribution in [-0.2, 0) is 21.3 Å². The van der Waals surface area contributed by atoms with Crippen molar-refractivity contribution in [3.8, 4) is 5.75 Å². The summed E-state index contributed by atoms with van der Waals surface area (Å²) in [5.74, 6) is -0.183. The fourth-order valence-electron chi connectivity index (χ4n) is 4.33. The summed E-state index contributed by atoms with van der Waals surface area (Å²) in [6.45, 7) is 1.11. The zero-order chi connectivity index (χ0) is 25.8. The third kappa shape index (κ3) is 5.29. The van der Waals surface area contributed by atoms with E-state index in [-0.39, 0.29) is 36.9 Å². The standard InChI is InChI=1S/C26H27N5O5S/c27-26(32)24-25(21-7-4-8-22(23(21)30-24)29-15-18-9-11-28-12-10-18)37(33,34)31-13-14-35-20(16-31)17-36-19-5-2-1-3-6-19/h1-12,20,29-30H,13-17H2,(H2,27,32)/t20-/m0/s1. The highest BCUT2D eigenvalue weighted by Gasteiger charge is 2.36. The fourth-order valence-corrected chi connectivity index (χ4v) is 6.12. The SMILES string of the molecule is NC(=O)c1[nH]c2c(NCc3ccncc3)cccc2c1S(=O)(=O)N1CCO[C@H](COc2ccccc2)C1. The summed E-state index contributed by atoms with van der Waals surface area (Å²) in [7, 11) is -4.09. The highest BCUT2D eigenvalue weighted by Crippen LogP contribution is 2.34. The monoisotopic (exact) mass is 521 g/mol. The van der Waals surface area contributed by atoms with Crippen LogP contribution in [0.25, 0.3) is 10.9 Å². The molecule has 0 saturated carbocycles. The molecule has 1 aliphatic rings. The van der Waals surface area contributed by atoms with Crippen LogP contribution in [0.15, 0.2) is 78.0 Å². The molecule has 10 nitrogen and oxygen atoms in total. The van der Waals surface area contributed by atoms with Crippen molar-refractivity contribution in [2.45, 2.75) is 17.5 Å². The predicted molar refractivity (Wildman–Crippen MR) is 139 cm³/mol. The maximum absolute atomic E-state index is 13.9. The second kappa shape index (κ2) is 10.6. The minimum absolute atomic E-state index is 0.0834. The quantitative estimate of drug-likeness (QED) is 0.308. The Kier molecular flexibility index (Phi) is 7.08. The molecular weight excluding hydrogens is 494 g/mol. The molecule has 4 N–H and O–H groups in total. The number of ether oxygens (including phenoxy) is 2. The third-order valence-corrected chi connectivity index (χ3v) is 8.09. The number of morpholine rings is 1. The molecule has 11 heteroatoms. The lowest BCUT2D eigenvalue weighted by Crippen LogP contribution is -2.47. The van der Waals surface area contributed by atoms with E-state index in [2.05, 4.69) is 15.3 Å². The number of nitrogens with two attached hydrogens (primary N) is 1. The molecule has 0 radical (unpaired) electrons. The maximum Gasteiger partial charge on any atom is 0.266 e. The third-order valence-electron chi connectivity index (χ3n) is 6.14. The van der Waals surface area contributed by atoms with E-state index in [0.717, 1.165) is 5.56 Å². The minimum atomic E-state index is -4.09. The molecule has 2 aromatic heterocycles. The Bertz CT molecular complexity index is 1490. The lowest BCUT2D eigenvalue weighted by Gasteiger charge is -2.32. The van der Waals surface area contributed by atoms with Gasteiger partial charge in [0, 0.05) is 37.4 Å². The molecule has 1 atom stereocenters. The van der Waals surface area contributed by atoms with Gasteiger partial charge >= 0.3 is 0 Å². The summed E-state index contributed by atoms with van der Waals surface area (Å²) in [6, 6.07) is 18.2. The van der Waals surface area contributed by atoms with Gasteiger partial charge in [-0.25, -0.2) is 8.42 Å². The van der Waals surface area contributed by atoms with Crippen molar-refractivity contribution in [1.82, 2.24) is 14.3 Å². The van der Waals surface area contributed by atoms with Gasteiger partial charge in [0.25, 0.3) is 5.91 Å². The van der Waals surface area contributed by atoms with E-state index in [9.17, 15) is 13.2 Å². The second-order valence-corrected chi connectivity index (χ2v) is 10.5. The Hall–Kier alpha value is -3.93. The van der Waals surface area contributed by atoms with Gasteiger partial charge in [-0.3, -0.25) is 9.78 Å². The second-order valence-electron chi connectivity index (χ2n) is 8.61. The van der Waals surface area contributed by atoms with Crippen LogP contribution in [-0.4, -0.2) is 61.0 Å². The van der Waals surface area contributed by atoms with Gasteiger partial charge in [0.05, 0.1) is 17.8 Å². The average Bonchev–Trinajstić information content (AvgIpc) is 3.34. The fraction of sp³-hybridized carbons (Fsp3) is 0.231. The number of aromatic nitrogens is 2. The van der Waals surface area contributed by atoms with E-state index in [1.807, 2.05) is 48.5 Å². The Morgan fingerprint density at radius 1 is 1.14 bits per heavy atom. The zero-order valence-corrected chi connectivity index (χ0v) is 20.8. The van der Waals surface area contributed by atoms with Crippen LogP contribution in [0.4, 0.5) is 5.69 Å². The number of hydrogen-bond donors (Lipinski definition) is 3. The number of nitrogens with one attached hydrogen (secondary N) is 2. The number of sulfonamides is 1. The number of carbonyl (C=O) groups excluding carboxylic acids is 1. The van der Waals surface area contributed by atoms with Gasteiger partial charge in [0.1, 0.15) is 29.0 Å². The average molecular weight is 522 g/mol. The molecule has 0 unspecified atom stereocenters. The normalized spacial score (nSPS) is 16.5. The van der Waals surface area contributed by atoms with Crippen LogP contribution < -0.4 is 15.8 Å². The van der Waals surface area contributed by atoms with E-state index in [1.165, 1.54) is 4.31 Å². The van der Waals surface area contributed by atoms with Crippen molar-refractivity contribution in [3.05, 3.63) is 84.3 Å². The van der Waals surface area contributed by atoms with Crippen molar-refractivity contribution in [1.29, 1.82) is 0 Å². The van der Waals surface area contributed by atoms with Crippen molar-refractivity contribution in [2.75, 3.05) is 31.6 Å². The van der Waals surface area contributed by atoms with Gasteiger partial charge in [-0.05, 0) is 35.9 Å². The topological polar surface area (TPSA) is 140 Å². The summed E-state index contributed by atoms with van der Waals surface area (Å²) in [4.78, 5) is 19.2. The summed E-state index contributed by atoms with van der Waals surface area (Å²) in [5.41, 5.74) is 7.61. The molecule has 1 saturated heterocycles. The van der Waals surface area contributed by atoms with Crippen LogP contribution in [0.5, 0.6) is 5.75 Å². The van der Waals surface area contributed by atoms with E-state index in [1.54, 1.807) is 24.5 Å². The number of nitrogens with zero attached hydrogens (tertiary/aromatic N) is 2. The smallest absolute Gasteiger partial charge is 0.266 e. The van der Waals surface area contributed by atoms with Crippen molar-refractivity contribution >= 4 is 32.5 Å². The molecule has 37 heavy (non-hydrogen) atoms. The highest BCUT2D eigenvalue weighted by molar-refractivity contribution is 7.89. The molecule has 192 valence electrons. The Morgan fingerprint density at radius 2 is 1.92 bits per heavy atom. The number of para-hydroxylation sites is 2. The number of rotatable bonds is 9. The summed E-state index contributed by atoms with van der Waals surface area (Å²) >= 11 is 0. The van der Waals surface area contributed by atoms with E-state index >= 15 is 0 Å². The predicted octanol–water partition coefficient (Wildman–Crippen LogP) is 2.74. The molecule has 0 aliphatic carbocycles. The molecular formula is C26H27N5O5S. The highest BCUT2D eigenvalue weighted by atomic mass is 32.2. The largest absolute Gasteiger partial charge is 0.491 e. The van der Waals surface area contributed by atoms with Crippen LogP contribution in [0, 0.1) is 0 Å². The molecule has 3 heterocycles. The van der Waals surface area contributed by atoms with Crippen LogP contribution in [0.3, 0.4) is 0 Å². The first-order chi connectivity index (χ1) is 17.9. The number of fused-ring (bicyclic) bond motifs is 1. The zero-order valence-electron chi connectivity index (χ0n) is 20.0. The molecule has 1 aliphatic heterocycles. The number of pyridine rings is 1. The van der Waals surface area contributed by atoms with Crippen molar-refractivity contribution in [2.24, 2.45) is 5.73 Å².